The fourth-order valence-corrected chi connectivity index (χ4v) is 2.65. The summed E-state index contributed by atoms with van der Waals surface area (Å²) in [5, 5.41) is 16.1. The summed E-state index contributed by atoms with van der Waals surface area (Å²) in [6.07, 6.45) is 0. The summed E-state index contributed by atoms with van der Waals surface area (Å²) >= 11 is 6.16. The van der Waals surface area contributed by atoms with Gasteiger partial charge < -0.3 is 15.7 Å². The quantitative estimate of drug-likeness (QED) is 0.594. The number of nitrogens with one attached hydrogen (secondary N) is 2. The minimum absolute atomic E-state index is 0.175. The first-order valence-electron chi connectivity index (χ1n) is 7.95. The van der Waals surface area contributed by atoms with Crippen LogP contribution in [0.15, 0.2) is 54.6 Å². The van der Waals surface area contributed by atoms with E-state index in [4.69, 9.17) is 11.6 Å². The third-order valence-electron chi connectivity index (χ3n) is 3.67. The molecule has 0 amide bonds. The predicted molar refractivity (Wildman–Crippen MR) is 102 cm³/mol. The number of anilines is 3. The number of benzene rings is 2. The number of nitrogens with zero attached hydrogens (tertiary/aromatic N) is 2. The summed E-state index contributed by atoms with van der Waals surface area (Å²) in [5.41, 5.74) is 2.33. The van der Waals surface area contributed by atoms with E-state index < -0.39 is 5.97 Å². The number of rotatable bonds is 6. The summed E-state index contributed by atoms with van der Waals surface area (Å²) in [7, 11) is 0. The van der Waals surface area contributed by atoms with Crippen molar-refractivity contribution in [2.45, 2.75) is 13.5 Å². The van der Waals surface area contributed by atoms with Crippen LogP contribution in [0.3, 0.4) is 0 Å². The van der Waals surface area contributed by atoms with Crippen LogP contribution in [-0.4, -0.2) is 21.0 Å². The maximum Gasteiger partial charge on any atom is 0.337 e. The standard InChI is InChI=1S/C19H17ClN4O2/c1-12-10-17(23-16-9-5-3-7-14(16)18(25)26)24-19(22-12)21-11-13-6-2-4-8-15(13)20/h2-10H,11H2,1H3,(H,25,26)(H2,21,22,23,24). The van der Waals surface area contributed by atoms with E-state index >= 15 is 0 Å². The summed E-state index contributed by atoms with van der Waals surface area (Å²) < 4.78 is 0. The monoisotopic (exact) mass is 368 g/mol. The number of aromatic carboxylic acids is 1. The van der Waals surface area contributed by atoms with Crippen molar-refractivity contribution in [1.82, 2.24) is 9.97 Å². The fraction of sp³-hybridized carbons (Fsp3) is 0.105. The Morgan fingerprint density at radius 3 is 2.62 bits per heavy atom. The van der Waals surface area contributed by atoms with E-state index in [1.165, 1.54) is 6.07 Å². The van der Waals surface area contributed by atoms with E-state index in [1.807, 2.05) is 31.2 Å². The highest BCUT2D eigenvalue weighted by molar-refractivity contribution is 6.31. The largest absolute Gasteiger partial charge is 0.478 e. The number of para-hydroxylation sites is 1. The van der Waals surface area contributed by atoms with Gasteiger partial charge in [-0.15, -0.1) is 0 Å². The van der Waals surface area contributed by atoms with Crippen LogP contribution in [0, 0.1) is 6.92 Å². The third-order valence-corrected chi connectivity index (χ3v) is 4.04. The lowest BCUT2D eigenvalue weighted by molar-refractivity contribution is 0.0698. The molecule has 0 unspecified atom stereocenters. The molecule has 3 N–H and O–H groups in total. The second-order valence-electron chi connectivity index (χ2n) is 5.64. The van der Waals surface area contributed by atoms with Crippen molar-refractivity contribution in [2.75, 3.05) is 10.6 Å². The van der Waals surface area contributed by atoms with E-state index in [9.17, 15) is 9.90 Å². The van der Waals surface area contributed by atoms with Crippen molar-refractivity contribution in [3.8, 4) is 0 Å². The summed E-state index contributed by atoms with van der Waals surface area (Å²) in [6, 6.07) is 16.0. The van der Waals surface area contributed by atoms with Gasteiger partial charge in [-0.05, 0) is 30.7 Å². The molecule has 0 aliphatic heterocycles. The van der Waals surface area contributed by atoms with Crippen molar-refractivity contribution in [2.24, 2.45) is 0 Å². The average molecular weight is 369 g/mol. The molecule has 7 heteroatoms. The van der Waals surface area contributed by atoms with Crippen molar-refractivity contribution >= 4 is 35.0 Å². The number of hydrogen-bond acceptors (Lipinski definition) is 5. The molecule has 0 bridgehead atoms. The van der Waals surface area contributed by atoms with Gasteiger partial charge in [0.05, 0.1) is 11.3 Å². The Hall–Kier alpha value is -3.12. The fourth-order valence-electron chi connectivity index (χ4n) is 2.44. The van der Waals surface area contributed by atoms with Gasteiger partial charge in [0, 0.05) is 23.3 Å². The zero-order valence-electron chi connectivity index (χ0n) is 14.0. The highest BCUT2D eigenvalue weighted by atomic mass is 35.5. The van der Waals surface area contributed by atoms with E-state index in [0.29, 0.717) is 29.0 Å². The Labute approximate surface area is 155 Å². The highest BCUT2D eigenvalue weighted by Gasteiger charge is 2.11. The molecule has 0 aliphatic rings. The Bertz CT molecular complexity index is 946. The zero-order chi connectivity index (χ0) is 18.5. The van der Waals surface area contributed by atoms with E-state index in [2.05, 4.69) is 20.6 Å². The van der Waals surface area contributed by atoms with Gasteiger partial charge in [0.15, 0.2) is 0 Å². The average Bonchev–Trinajstić information content (AvgIpc) is 2.61. The van der Waals surface area contributed by atoms with Crippen LogP contribution in [0.25, 0.3) is 0 Å². The molecule has 1 heterocycles. The lowest BCUT2D eigenvalue weighted by atomic mass is 10.2. The van der Waals surface area contributed by atoms with Gasteiger partial charge in [-0.1, -0.05) is 41.9 Å². The molecule has 0 saturated carbocycles. The van der Waals surface area contributed by atoms with E-state index in [0.717, 1.165) is 11.3 Å². The van der Waals surface area contributed by atoms with Crippen molar-refractivity contribution in [1.29, 1.82) is 0 Å². The Morgan fingerprint density at radius 1 is 1.12 bits per heavy atom. The second kappa shape index (κ2) is 7.84. The molecular weight excluding hydrogens is 352 g/mol. The van der Waals surface area contributed by atoms with Gasteiger partial charge in [0.1, 0.15) is 5.82 Å². The highest BCUT2D eigenvalue weighted by Crippen LogP contribution is 2.21. The molecule has 2 aromatic carbocycles. The first kappa shape index (κ1) is 17.7. The SMILES string of the molecule is Cc1cc(Nc2ccccc2C(=O)O)nc(NCc2ccccc2Cl)n1. The van der Waals surface area contributed by atoms with Gasteiger partial charge >= 0.3 is 5.97 Å². The van der Waals surface area contributed by atoms with Gasteiger partial charge in [-0.2, -0.15) is 4.98 Å². The topological polar surface area (TPSA) is 87.1 Å². The number of halogens is 1. The molecule has 3 aromatic rings. The van der Waals surface area contributed by atoms with E-state index in [1.54, 1.807) is 24.3 Å². The number of carbonyl (C=O) groups is 1. The van der Waals surface area contributed by atoms with Crippen molar-refractivity contribution in [3.05, 3.63) is 76.4 Å². The molecule has 0 fully saturated rings. The normalized spacial score (nSPS) is 10.4. The van der Waals surface area contributed by atoms with Crippen LogP contribution in [0.5, 0.6) is 0 Å². The van der Waals surface area contributed by atoms with Crippen LogP contribution in [0.2, 0.25) is 5.02 Å². The predicted octanol–water partition coefficient (Wildman–Crippen LogP) is 4.49. The number of aromatic nitrogens is 2. The van der Waals surface area contributed by atoms with Crippen LogP contribution < -0.4 is 10.6 Å². The van der Waals surface area contributed by atoms with E-state index in [-0.39, 0.29) is 5.56 Å². The van der Waals surface area contributed by atoms with Gasteiger partial charge in [-0.25, -0.2) is 9.78 Å². The van der Waals surface area contributed by atoms with Crippen LogP contribution >= 0.6 is 11.6 Å². The van der Waals surface area contributed by atoms with Crippen LogP contribution in [0.4, 0.5) is 17.5 Å². The molecule has 0 saturated heterocycles. The lowest BCUT2D eigenvalue weighted by Gasteiger charge is -2.12. The molecule has 26 heavy (non-hydrogen) atoms. The summed E-state index contributed by atoms with van der Waals surface area (Å²) in [4.78, 5) is 20.1. The third kappa shape index (κ3) is 4.29. The summed E-state index contributed by atoms with van der Waals surface area (Å²) in [6.45, 7) is 2.32. The maximum absolute atomic E-state index is 11.3. The second-order valence-corrected chi connectivity index (χ2v) is 6.05. The van der Waals surface area contributed by atoms with Crippen LogP contribution in [0.1, 0.15) is 21.6 Å². The molecule has 0 atom stereocenters. The van der Waals surface area contributed by atoms with Gasteiger partial charge in [0.25, 0.3) is 0 Å². The smallest absolute Gasteiger partial charge is 0.337 e. The molecule has 6 nitrogen and oxygen atoms in total. The number of carboxylic acids is 1. The lowest BCUT2D eigenvalue weighted by Crippen LogP contribution is -2.08. The zero-order valence-corrected chi connectivity index (χ0v) is 14.8. The number of aryl methyl sites for hydroxylation is 1. The van der Waals surface area contributed by atoms with Crippen molar-refractivity contribution < 1.29 is 9.90 Å². The minimum Gasteiger partial charge on any atom is -0.478 e. The molecule has 0 radical (unpaired) electrons. The molecule has 132 valence electrons. The Balaban J connectivity index is 1.80. The first-order chi connectivity index (χ1) is 12.5. The Kier molecular flexibility index (Phi) is 5.34. The van der Waals surface area contributed by atoms with Gasteiger partial charge in [-0.3, -0.25) is 0 Å². The molecular formula is C19H17ClN4O2. The summed E-state index contributed by atoms with van der Waals surface area (Å²) in [5.74, 6) is -0.0657. The molecule has 0 aliphatic carbocycles. The maximum atomic E-state index is 11.3. The van der Waals surface area contributed by atoms with Gasteiger partial charge in [0.2, 0.25) is 5.95 Å². The van der Waals surface area contributed by atoms with Crippen LogP contribution in [-0.2, 0) is 6.54 Å². The Morgan fingerprint density at radius 2 is 1.85 bits per heavy atom. The molecule has 0 spiro atoms. The molecule has 3 rings (SSSR count). The first-order valence-corrected chi connectivity index (χ1v) is 8.33. The number of hydrogen-bond donors (Lipinski definition) is 3. The minimum atomic E-state index is -1.00. The van der Waals surface area contributed by atoms with Crippen molar-refractivity contribution in [3.63, 3.8) is 0 Å². The molecule has 1 aromatic heterocycles. The number of carboxylic acid groups (broad SMARTS) is 1.